The zero-order chi connectivity index (χ0) is 42.6. The van der Waals surface area contributed by atoms with Crippen molar-refractivity contribution >= 4 is 18.0 Å². The van der Waals surface area contributed by atoms with Crippen LogP contribution < -0.4 is 14.2 Å². The number of ether oxygens (including phenoxy) is 4. The Kier molecular flexibility index (Phi) is 33.3. The lowest BCUT2D eigenvalue weighted by Gasteiger charge is -2.27. The summed E-state index contributed by atoms with van der Waals surface area (Å²) in [5.74, 6) is -0.0945. The number of hydrogen-bond acceptors (Lipinski definition) is 10. The fourth-order valence-electron chi connectivity index (χ4n) is 7.25. The summed E-state index contributed by atoms with van der Waals surface area (Å²) in [4.78, 5) is 29.5. The van der Waals surface area contributed by atoms with Gasteiger partial charge in [0.2, 0.25) is 5.75 Å². The number of hydrogen-bond donors (Lipinski definition) is 2. The third-order valence-corrected chi connectivity index (χ3v) is 10.7. The second kappa shape index (κ2) is 36.2. The highest BCUT2D eigenvalue weighted by molar-refractivity contribution is 5.87. The monoisotopic (exact) mass is 819 g/mol. The predicted octanol–water partition coefficient (Wildman–Crippen LogP) is 10.5. The summed E-state index contributed by atoms with van der Waals surface area (Å²) in [7, 11) is 6.91. The Morgan fingerprint density at radius 3 is 1.52 bits per heavy atom. The van der Waals surface area contributed by atoms with Crippen LogP contribution >= 0.6 is 0 Å². The molecular weight excluding hydrogens is 733 g/mol. The Bertz CT molecular complexity index is 1140. The Labute approximate surface area is 354 Å². The van der Waals surface area contributed by atoms with E-state index in [0.717, 1.165) is 51.5 Å². The number of carbonyl (C=O) groups is 2. The van der Waals surface area contributed by atoms with E-state index in [2.05, 4.69) is 18.7 Å². The molecule has 10 heteroatoms. The van der Waals surface area contributed by atoms with Crippen LogP contribution in [0.25, 0.3) is 6.08 Å². The first-order valence-corrected chi connectivity index (χ1v) is 23.2. The molecule has 1 rings (SSSR count). The number of unbranched alkanes of at least 4 members (excludes halogenated alkanes) is 18. The van der Waals surface area contributed by atoms with Gasteiger partial charge in [-0.15, -0.1) is 0 Å². The molecule has 2 atom stereocenters. The molecule has 0 spiro atoms. The summed E-state index contributed by atoms with van der Waals surface area (Å²) in [5, 5.41) is 22.0. The van der Waals surface area contributed by atoms with Crippen LogP contribution in [0.1, 0.15) is 180 Å². The molecule has 10 nitrogen and oxygen atoms in total. The van der Waals surface area contributed by atoms with Crippen molar-refractivity contribution in [3.8, 4) is 17.2 Å². The van der Waals surface area contributed by atoms with E-state index in [1.165, 1.54) is 123 Å². The molecule has 0 aliphatic heterocycles. The number of carbonyl (C=O) groups excluding carboxylic acids is 2. The number of aliphatic hydroxyl groups excluding tert-OH is 2. The van der Waals surface area contributed by atoms with Crippen molar-refractivity contribution in [2.45, 2.75) is 187 Å². The Morgan fingerprint density at radius 1 is 0.638 bits per heavy atom. The predicted molar refractivity (Wildman–Crippen MR) is 239 cm³/mol. The SMILES string of the molecule is CCCCCCCCCCCCC(O)CN(CCCC(=O)Oc1c(OC)cc(/C=C/C(=O)OCCCN(C)C)cc1OC)CC(O)CCCCCCCCCCCC. The van der Waals surface area contributed by atoms with Crippen LogP contribution in [0.5, 0.6) is 17.2 Å². The maximum absolute atomic E-state index is 13.1. The molecule has 0 aliphatic rings. The van der Waals surface area contributed by atoms with Gasteiger partial charge in [-0.3, -0.25) is 9.69 Å². The standard InChI is InChI=1S/C48H86N2O8/c1-7-9-11-13-15-17-19-21-23-25-29-42(51)39-50(40-43(52)30-26-24-22-20-18-16-14-12-10-8-2)35-27-31-47(54)58-48-44(55-5)37-41(38-45(48)56-6)32-33-46(53)57-36-28-34-49(3)4/h32-33,37-38,42-43,51-52H,7-31,34-36,39-40H2,1-6H3/b33-32+. The van der Waals surface area contributed by atoms with E-state index in [1.807, 2.05) is 19.0 Å². The molecule has 0 saturated heterocycles. The smallest absolute Gasteiger partial charge is 0.330 e. The molecule has 0 aromatic heterocycles. The molecular formula is C48H86N2O8. The summed E-state index contributed by atoms with van der Waals surface area (Å²) in [5.41, 5.74) is 0.627. The molecule has 0 radical (unpaired) electrons. The van der Waals surface area contributed by atoms with E-state index < -0.39 is 24.1 Å². The van der Waals surface area contributed by atoms with Gasteiger partial charge >= 0.3 is 11.9 Å². The van der Waals surface area contributed by atoms with Crippen LogP contribution in [0.3, 0.4) is 0 Å². The fraction of sp³-hybridized carbons (Fsp3) is 0.792. The first kappa shape index (κ1) is 53.4. The Hall–Kier alpha value is -2.66. The molecule has 336 valence electrons. The number of nitrogens with zero attached hydrogens (tertiary/aromatic N) is 2. The number of aliphatic hydroxyl groups is 2. The third-order valence-electron chi connectivity index (χ3n) is 10.7. The van der Waals surface area contributed by atoms with Gasteiger partial charge in [-0.05, 0) is 70.1 Å². The van der Waals surface area contributed by atoms with E-state index in [0.29, 0.717) is 49.7 Å². The first-order valence-electron chi connectivity index (χ1n) is 23.2. The third kappa shape index (κ3) is 28.7. The van der Waals surface area contributed by atoms with E-state index in [9.17, 15) is 19.8 Å². The van der Waals surface area contributed by atoms with Crippen molar-refractivity contribution < 1.29 is 38.7 Å². The molecule has 0 fully saturated rings. The maximum Gasteiger partial charge on any atom is 0.330 e. The second-order valence-corrected chi connectivity index (χ2v) is 16.5. The molecule has 0 aliphatic carbocycles. The Morgan fingerprint density at radius 2 is 1.09 bits per heavy atom. The van der Waals surface area contributed by atoms with Crippen LogP contribution in [-0.2, 0) is 14.3 Å². The van der Waals surface area contributed by atoms with Gasteiger partial charge in [-0.25, -0.2) is 4.79 Å². The van der Waals surface area contributed by atoms with E-state index >= 15 is 0 Å². The number of benzene rings is 1. The summed E-state index contributed by atoms with van der Waals surface area (Å²) in [6.45, 7) is 7.17. The van der Waals surface area contributed by atoms with Crippen molar-refractivity contribution in [1.82, 2.24) is 9.80 Å². The molecule has 2 N–H and O–H groups in total. The topological polar surface area (TPSA) is 118 Å². The lowest BCUT2D eigenvalue weighted by atomic mass is 10.0. The summed E-state index contributed by atoms with van der Waals surface area (Å²) in [6, 6.07) is 3.35. The van der Waals surface area contributed by atoms with Gasteiger partial charge < -0.3 is 34.1 Å². The zero-order valence-electron chi connectivity index (χ0n) is 37.9. The average Bonchev–Trinajstić information content (AvgIpc) is 3.20. The highest BCUT2D eigenvalue weighted by atomic mass is 16.6. The van der Waals surface area contributed by atoms with Crippen molar-refractivity contribution in [2.75, 3.05) is 61.1 Å². The molecule has 58 heavy (non-hydrogen) atoms. The molecule has 0 saturated carbocycles. The van der Waals surface area contributed by atoms with Crippen LogP contribution in [0, 0.1) is 0 Å². The fourth-order valence-corrected chi connectivity index (χ4v) is 7.25. The molecule has 0 amide bonds. The van der Waals surface area contributed by atoms with Crippen molar-refractivity contribution in [3.63, 3.8) is 0 Å². The largest absolute Gasteiger partial charge is 0.493 e. The van der Waals surface area contributed by atoms with E-state index in [1.54, 1.807) is 18.2 Å². The highest BCUT2D eigenvalue weighted by Crippen LogP contribution is 2.39. The summed E-state index contributed by atoms with van der Waals surface area (Å²) in [6.07, 6.45) is 30.0. The first-order chi connectivity index (χ1) is 28.1. The van der Waals surface area contributed by atoms with Gasteiger partial charge in [0.25, 0.3) is 0 Å². The van der Waals surface area contributed by atoms with Crippen LogP contribution in [0.4, 0.5) is 0 Å². The van der Waals surface area contributed by atoms with Gasteiger partial charge in [0.1, 0.15) is 0 Å². The zero-order valence-corrected chi connectivity index (χ0v) is 37.9. The number of esters is 2. The molecule has 1 aromatic rings. The van der Waals surface area contributed by atoms with E-state index in [4.69, 9.17) is 18.9 Å². The normalized spacial score (nSPS) is 12.7. The second-order valence-electron chi connectivity index (χ2n) is 16.5. The van der Waals surface area contributed by atoms with Gasteiger partial charge in [-0.1, -0.05) is 142 Å². The average molecular weight is 819 g/mol. The van der Waals surface area contributed by atoms with Crippen molar-refractivity contribution in [1.29, 1.82) is 0 Å². The van der Waals surface area contributed by atoms with E-state index in [-0.39, 0.29) is 12.2 Å². The van der Waals surface area contributed by atoms with Gasteiger partial charge in [0.05, 0.1) is 33.0 Å². The molecule has 1 aromatic carbocycles. The summed E-state index contributed by atoms with van der Waals surface area (Å²) >= 11 is 0. The minimum absolute atomic E-state index is 0.146. The lowest BCUT2D eigenvalue weighted by molar-refractivity contribution is -0.138. The van der Waals surface area contributed by atoms with Gasteiger partial charge in [0.15, 0.2) is 11.5 Å². The molecule has 0 bridgehead atoms. The number of rotatable bonds is 39. The minimum atomic E-state index is -0.475. The van der Waals surface area contributed by atoms with Crippen LogP contribution in [0.2, 0.25) is 0 Å². The molecule has 2 unspecified atom stereocenters. The van der Waals surface area contributed by atoms with Crippen LogP contribution in [-0.4, -0.2) is 105 Å². The summed E-state index contributed by atoms with van der Waals surface area (Å²) < 4.78 is 22.1. The Balaban J connectivity index is 2.70. The van der Waals surface area contributed by atoms with Crippen molar-refractivity contribution in [3.05, 3.63) is 23.8 Å². The highest BCUT2D eigenvalue weighted by Gasteiger charge is 2.20. The maximum atomic E-state index is 13.1. The lowest BCUT2D eigenvalue weighted by Crippen LogP contribution is -2.39. The van der Waals surface area contributed by atoms with Crippen LogP contribution in [0.15, 0.2) is 18.2 Å². The van der Waals surface area contributed by atoms with Crippen molar-refractivity contribution in [2.24, 2.45) is 0 Å². The quantitative estimate of drug-likeness (QED) is 0.0288. The number of methoxy groups -OCH3 is 2. The van der Waals surface area contributed by atoms with Gasteiger partial charge in [-0.2, -0.15) is 0 Å². The molecule has 0 heterocycles. The van der Waals surface area contributed by atoms with Gasteiger partial charge in [0, 0.05) is 32.1 Å². The minimum Gasteiger partial charge on any atom is -0.493 e.